The van der Waals surface area contributed by atoms with E-state index in [-0.39, 0.29) is 6.04 Å². The predicted molar refractivity (Wildman–Crippen MR) is 121 cm³/mol. The van der Waals surface area contributed by atoms with E-state index in [2.05, 4.69) is 74.7 Å². The normalized spacial score (nSPS) is 16.2. The van der Waals surface area contributed by atoms with Crippen LogP contribution in [0.25, 0.3) is 21.8 Å². The number of benzene rings is 2. The second-order valence-corrected chi connectivity index (χ2v) is 8.62. The maximum Gasteiger partial charge on any atom is 0.0888 e. The summed E-state index contributed by atoms with van der Waals surface area (Å²) in [6.45, 7) is 6.24. The highest BCUT2D eigenvalue weighted by Crippen LogP contribution is 2.31. The molecule has 29 heavy (non-hydrogen) atoms. The second kappa shape index (κ2) is 8.22. The van der Waals surface area contributed by atoms with E-state index in [4.69, 9.17) is 5.10 Å². The minimum Gasteiger partial charge on any atom is -0.361 e. The first-order chi connectivity index (χ1) is 14.3. The average molecular weight is 406 g/mol. The van der Waals surface area contributed by atoms with Gasteiger partial charge in [-0.2, -0.15) is 5.10 Å². The third kappa shape index (κ3) is 3.68. The molecule has 0 amide bonds. The van der Waals surface area contributed by atoms with Gasteiger partial charge in [0.2, 0.25) is 0 Å². The summed E-state index contributed by atoms with van der Waals surface area (Å²) >= 11 is 1.71. The SMILES string of the molecule is CCn1nc(C(CNSc2ccc3cc[nH]c3c2)N2CCCC2)c2ccccc21. The number of rotatable bonds is 7. The van der Waals surface area contributed by atoms with Crippen LogP contribution in [-0.4, -0.2) is 39.3 Å². The Hall–Kier alpha value is -2.28. The number of hydrogen-bond acceptors (Lipinski definition) is 4. The summed E-state index contributed by atoms with van der Waals surface area (Å²) in [7, 11) is 0. The van der Waals surface area contributed by atoms with E-state index < -0.39 is 0 Å². The number of nitrogens with zero attached hydrogens (tertiary/aromatic N) is 3. The van der Waals surface area contributed by atoms with E-state index in [9.17, 15) is 0 Å². The summed E-state index contributed by atoms with van der Waals surface area (Å²) in [6, 6.07) is 17.6. The van der Waals surface area contributed by atoms with Gasteiger partial charge in [-0.15, -0.1) is 0 Å². The lowest BCUT2D eigenvalue weighted by atomic mass is 10.1. The van der Waals surface area contributed by atoms with Gasteiger partial charge in [0.05, 0.1) is 17.3 Å². The summed E-state index contributed by atoms with van der Waals surface area (Å²) in [5.41, 5.74) is 3.62. The molecule has 2 aromatic carbocycles. The molecule has 1 fully saturated rings. The minimum absolute atomic E-state index is 0.289. The number of nitrogens with one attached hydrogen (secondary N) is 2. The summed E-state index contributed by atoms with van der Waals surface area (Å²) in [4.78, 5) is 7.12. The summed E-state index contributed by atoms with van der Waals surface area (Å²) in [6.07, 6.45) is 4.55. The van der Waals surface area contributed by atoms with Crippen LogP contribution in [0, 0.1) is 0 Å². The topological polar surface area (TPSA) is 48.9 Å². The largest absolute Gasteiger partial charge is 0.361 e. The average Bonchev–Trinajstić information content (AvgIpc) is 3.51. The molecule has 3 heterocycles. The Morgan fingerprint density at radius 3 is 2.86 bits per heavy atom. The molecule has 2 N–H and O–H groups in total. The Morgan fingerprint density at radius 2 is 2.00 bits per heavy atom. The standard InChI is InChI=1S/C23H27N5S/c1-2-28-21-8-4-3-7-19(21)23(26-28)22(27-13-5-6-14-27)16-25-29-18-10-9-17-11-12-24-20(17)15-18/h3-4,7-12,15,22,24-25H,2,5-6,13-14,16H2,1H3. The molecular formula is C23H27N5S. The predicted octanol–water partition coefficient (Wildman–Crippen LogP) is 4.97. The molecule has 0 radical (unpaired) electrons. The molecule has 5 rings (SSSR count). The van der Waals surface area contributed by atoms with Gasteiger partial charge < -0.3 is 4.98 Å². The molecule has 6 heteroatoms. The van der Waals surface area contributed by atoms with Gasteiger partial charge in [0, 0.05) is 35.1 Å². The van der Waals surface area contributed by atoms with Crippen molar-refractivity contribution in [3.8, 4) is 0 Å². The molecule has 4 aromatic rings. The van der Waals surface area contributed by atoms with Gasteiger partial charge in [-0.05, 0) is 74.5 Å². The fraction of sp³-hybridized carbons (Fsp3) is 0.348. The van der Waals surface area contributed by atoms with Crippen molar-refractivity contribution < 1.29 is 0 Å². The van der Waals surface area contributed by atoms with Crippen molar-refractivity contribution in [3.63, 3.8) is 0 Å². The van der Waals surface area contributed by atoms with Crippen molar-refractivity contribution in [1.29, 1.82) is 0 Å². The smallest absolute Gasteiger partial charge is 0.0888 e. The van der Waals surface area contributed by atoms with Crippen LogP contribution >= 0.6 is 11.9 Å². The zero-order chi connectivity index (χ0) is 19.6. The van der Waals surface area contributed by atoms with Crippen molar-refractivity contribution in [3.05, 3.63) is 60.4 Å². The fourth-order valence-electron chi connectivity index (χ4n) is 4.39. The molecule has 0 bridgehead atoms. The van der Waals surface area contributed by atoms with Crippen LogP contribution in [0.1, 0.15) is 31.5 Å². The van der Waals surface area contributed by atoms with Gasteiger partial charge in [-0.1, -0.05) is 24.3 Å². The minimum atomic E-state index is 0.289. The van der Waals surface area contributed by atoms with Crippen LogP contribution in [0.5, 0.6) is 0 Å². The fourth-order valence-corrected chi connectivity index (χ4v) is 5.11. The van der Waals surface area contributed by atoms with E-state index in [0.717, 1.165) is 26.2 Å². The number of likely N-dealkylation sites (tertiary alicyclic amines) is 1. The maximum absolute atomic E-state index is 5.03. The van der Waals surface area contributed by atoms with Crippen molar-refractivity contribution >= 4 is 33.8 Å². The lowest BCUT2D eigenvalue weighted by Crippen LogP contribution is -2.32. The molecule has 0 aliphatic carbocycles. The Bertz CT molecular complexity index is 1110. The maximum atomic E-state index is 5.03. The van der Waals surface area contributed by atoms with E-state index in [1.54, 1.807) is 11.9 Å². The van der Waals surface area contributed by atoms with Gasteiger partial charge in [0.1, 0.15) is 0 Å². The molecule has 2 aromatic heterocycles. The van der Waals surface area contributed by atoms with Crippen molar-refractivity contribution in [2.24, 2.45) is 0 Å². The van der Waals surface area contributed by atoms with Crippen LogP contribution in [0.2, 0.25) is 0 Å². The van der Waals surface area contributed by atoms with Crippen molar-refractivity contribution in [2.45, 2.75) is 37.2 Å². The molecule has 1 saturated heterocycles. The molecule has 5 nitrogen and oxygen atoms in total. The van der Waals surface area contributed by atoms with E-state index >= 15 is 0 Å². The Balaban J connectivity index is 1.39. The third-order valence-corrected chi connectivity index (χ3v) is 6.68. The molecular weight excluding hydrogens is 378 g/mol. The Labute approximate surface area is 175 Å². The van der Waals surface area contributed by atoms with Gasteiger partial charge in [-0.25, -0.2) is 0 Å². The van der Waals surface area contributed by atoms with E-state index in [0.29, 0.717) is 0 Å². The van der Waals surface area contributed by atoms with Crippen LogP contribution in [0.4, 0.5) is 0 Å². The van der Waals surface area contributed by atoms with Crippen LogP contribution in [0.3, 0.4) is 0 Å². The highest BCUT2D eigenvalue weighted by Gasteiger charge is 2.27. The van der Waals surface area contributed by atoms with E-state index in [1.807, 2.05) is 6.20 Å². The highest BCUT2D eigenvalue weighted by molar-refractivity contribution is 7.97. The first-order valence-electron chi connectivity index (χ1n) is 10.5. The first-order valence-corrected chi connectivity index (χ1v) is 11.3. The molecule has 1 aliphatic heterocycles. The number of aryl methyl sites for hydroxylation is 1. The van der Waals surface area contributed by atoms with Crippen molar-refractivity contribution in [1.82, 2.24) is 24.4 Å². The third-order valence-electron chi connectivity index (χ3n) is 5.88. The molecule has 1 aliphatic rings. The lowest BCUT2D eigenvalue weighted by molar-refractivity contribution is 0.243. The zero-order valence-electron chi connectivity index (χ0n) is 16.8. The Kier molecular flexibility index (Phi) is 5.31. The number of para-hydroxylation sites is 1. The summed E-state index contributed by atoms with van der Waals surface area (Å²) < 4.78 is 5.78. The lowest BCUT2D eigenvalue weighted by Gasteiger charge is -2.26. The quantitative estimate of drug-likeness (QED) is 0.426. The van der Waals surface area contributed by atoms with Gasteiger partial charge in [0.25, 0.3) is 0 Å². The number of fused-ring (bicyclic) bond motifs is 2. The number of H-pyrrole nitrogens is 1. The number of hydrogen-bond donors (Lipinski definition) is 2. The summed E-state index contributed by atoms with van der Waals surface area (Å²) in [5.74, 6) is 0. The van der Waals surface area contributed by atoms with Crippen LogP contribution < -0.4 is 4.72 Å². The van der Waals surface area contributed by atoms with Gasteiger partial charge in [-0.3, -0.25) is 14.3 Å². The van der Waals surface area contributed by atoms with E-state index in [1.165, 1.54) is 45.2 Å². The zero-order valence-corrected chi connectivity index (χ0v) is 17.6. The van der Waals surface area contributed by atoms with Crippen LogP contribution in [0.15, 0.2) is 59.6 Å². The van der Waals surface area contributed by atoms with Gasteiger partial charge in [0.15, 0.2) is 0 Å². The molecule has 1 atom stereocenters. The first kappa shape index (κ1) is 18.7. The number of aromatic nitrogens is 3. The number of aromatic amines is 1. The molecule has 1 unspecified atom stereocenters. The monoisotopic (exact) mass is 405 g/mol. The van der Waals surface area contributed by atoms with Gasteiger partial charge >= 0.3 is 0 Å². The second-order valence-electron chi connectivity index (χ2n) is 7.65. The summed E-state index contributed by atoms with van der Waals surface area (Å²) in [5, 5.41) is 7.57. The van der Waals surface area contributed by atoms with Crippen LogP contribution in [-0.2, 0) is 6.54 Å². The van der Waals surface area contributed by atoms with Crippen molar-refractivity contribution in [2.75, 3.05) is 19.6 Å². The molecule has 0 saturated carbocycles. The Morgan fingerprint density at radius 1 is 1.14 bits per heavy atom. The molecule has 0 spiro atoms. The highest BCUT2D eigenvalue weighted by atomic mass is 32.2. The molecule has 150 valence electrons.